The Balaban J connectivity index is 2.08. The highest BCUT2D eigenvalue weighted by Gasteiger charge is 2.08. The number of nitrogens with one attached hydrogen (secondary N) is 1. The molecule has 0 aliphatic carbocycles. The largest absolute Gasteiger partial charge is 0.419 e. The van der Waals surface area contributed by atoms with Gasteiger partial charge in [0, 0.05) is 18.4 Å². The van der Waals surface area contributed by atoms with E-state index < -0.39 is 0 Å². The van der Waals surface area contributed by atoms with Gasteiger partial charge in [-0.25, -0.2) is 9.97 Å². The molecule has 6 nitrogen and oxygen atoms in total. The van der Waals surface area contributed by atoms with Crippen LogP contribution in [0.2, 0.25) is 0 Å². The third-order valence-corrected chi connectivity index (χ3v) is 1.94. The molecule has 0 unspecified atom stereocenters. The Bertz CT molecular complexity index is 439. The van der Waals surface area contributed by atoms with Crippen LogP contribution < -0.4 is 5.32 Å². The fraction of sp³-hybridized carbons (Fsp3) is 0.400. The summed E-state index contributed by atoms with van der Waals surface area (Å²) in [6, 6.07) is 0.385. The molecular formula is C10H13N5O. The Morgan fingerprint density at radius 2 is 2.00 bits per heavy atom. The molecule has 16 heavy (non-hydrogen) atoms. The molecule has 0 aromatic carbocycles. The average Bonchev–Trinajstić information content (AvgIpc) is 2.76. The Hall–Kier alpha value is -1.82. The van der Waals surface area contributed by atoms with E-state index in [0.29, 0.717) is 24.4 Å². The number of hydrogen-bond donors (Lipinski definition) is 1. The summed E-state index contributed by atoms with van der Waals surface area (Å²) in [4.78, 5) is 7.78. The minimum absolute atomic E-state index is 0.385. The molecule has 0 aliphatic rings. The normalized spacial score (nSPS) is 10.9. The molecule has 1 N–H and O–H groups in total. The molecule has 0 saturated carbocycles. The Kier molecular flexibility index (Phi) is 3.21. The van der Waals surface area contributed by atoms with E-state index >= 15 is 0 Å². The molecular weight excluding hydrogens is 206 g/mol. The van der Waals surface area contributed by atoms with E-state index in [1.165, 1.54) is 6.33 Å². The van der Waals surface area contributed by atoms with Crippen LogP contribution in [0.25, 0.3) is 11.5 Å². The number of hydrogen-bond acceptors (Lipinski definition) is 6. The van der Waals surface area contributed by atoms with Gasteiger partial charge in [0.25, 0.3) is 5.89 Å². The zero-order chi connectivity index (χ0) is 11.4. The number of aromatic nitrogens is 4. The summed E-state index contributed by atoms with van der Waals surface area (Å²) in [5.74, 6) is 1.01. The van der Waals surface area contributed by atoms with E-state index in [2.05, 4.69) is 39.3 Å². The van der Waals surface area contributed by atoms with E-state index in [9.17, 15) is 0 Å². The fourth-order valence-electron chi connectivity index (χ4n) is 1.14. The van der Waals surface area contributed by atoms with Crippen molar-refractivity contribution in [3.8, 4) is 11.5 Å². The van der Waals surface area contributed by atoms with Crippen LogP contribution in [0.1, 0.15) is 19.7 Å². The van der Waals surface area contributed by atoms with Crippen LogP contribution in [0.3, 0.4) is 0 Å². The molecule has 84 valence electrons. The van der Waals surface area contributed by atoms with E-state index in [1.54, 1.807) is 12.4 Å². The molecule has 0 saturated heterocycles. The first-order chi connectivity index (χ1) is 7.75. The second-order valence-electron chi connectivity index (χ2n) is 3.66. The minimum atomic E-state index is 0.385. The zero-order valence-corrected chi connectivity index (χ0v) is 9.21. The van der Waals surface area contributed by atoms with E-state index in [1.807, 2.05) is 0 Å². The number of nitrogens with zero attached hydrogens (tertiary/aromatic N) is 4. The summed E-state index contributed by atoms with van der Waals surface area (Å²) in [7, 11) is 0. The van der Waals surface area contributed by atoms with Gasteiger partial charge in [-0.2, -0.15) is 0 Å². The second-order valence-corrected chi connectivity index (χ2v) is 3.66. The summed E-state index contributed by atoms with van der Waals surface area (Å²) in [5.41, 5.74) is 0.728. The first-order valence-electron chi connectivity index (χ1n) is 5.07. The van der Waals surface area contributed by atoms with Crippen LogP contribution in [0.15, 0.2) is 23.1 Å². The summed E-state index contributed by atoms with van der Waals surface area (Å²) >= 11 is 0. The summed E-state index contributed by atoms with van der Waals surface area (Å²) in [6.07, 6.45) is 4.74. The van der Waals surface area contributed by atoms with Gasteiger partial charge < -0.3 is 9.73 Å². The van der Waals surface area contributed by atoms with Gasteiger partial charge in [-0.3, -0.25) is 0 Å². The molecule has 0 bridgehead atoms. The Morgan fingerprint density at radius 1 is 1.25 bits per heavy atom. The maximum Gasteiger partial charge on any atom is 0.250 e. The molecule has 0 aliphatic heterocycles. The highest BCUT2D eigenvalue weighted by atomic mass is 16.4. The third kappa shape index (κ3) is 2.60. The van der Waals surface area contributed by atoms with Crippen LogP contribution in [0.4, 0.5) is 0 Å². The van der Waals surface area contributed by atoms with Crippen molar-refractivity contribution in [1.82, 2.24) is 25.5 Å². The first kappa shape index (κ1) is 10.7. The molecule has 0 radical (unpaired) electrons. The predicted molar refractivity (Wildman–Crippen MR) is 57.3 cm³/mol. The van der Waals surface area contributed by atoms with E-state index in [0.717, 1.165) is 5.56 Å². The van der Waals surface area contributed by atoms with Gasteiger partial charge in [-0.15, -0.1) is 10.2 Å². The number of rotatable bonds is 4. The Labute approximate surface area is 93.1 Å². The van der Waals surface area contributed by atoms with Crippen molar-refractivity contribution in [3.63, 3.8) is 0 Å². The molecule has 0 amide bonds. The maximum absolute atomic E-state index is 5.46. The van der Waals surface area contributed by atoms with Gasteiger partial charge in [0.05, 0.1) is 12.1 Å². The lowest BCUT2D eigenvalue weighted by molar-refractivity contribution is 0.458. The topological polar surface area (TPSA) is 76.7 Å². The SMILES string of the molecule is CC(C)NCc1nnc(-c2cncnc2)o1. The van der Waals surface area contributed by atoms with Crippen molar-refractivity contribution in [2.75, 3.05) is 0 Å². The van der Waals surface area contributed by atoms with E-state index in [4.69, 9.17) is 4.42 Å². The van der Waals surface area contributed by atoms with Crippen LogP contribution in [-0.2, 0) is 6.54 Å². The molecule has 6 heteroatoms. The van der Waals surface area contributed by atoms with Gasteiger partial charge in [-0.1, -0.05) is 13.8 Å². The molecule has 0 fully saturated rings. The van der Waals surface area contributed by atoms with Gasteiger partial charge >= 0.3 is 0 Å². The predicted octanol–water partition coefficient (Wildman–Crippen LogP) is 1.02. The second kappa shape index (κ2) is 4.80. The molecule has 0 atom stereocenters. The van der Waals surface area contributed by atoms with Gasteiger partial charge in [-0.05, 0) is 0 Å². The first-order valence-corrected chi connectivity index (χ1v) is 5.07. The smallest absolute Gasteiger partial charge is 0.250 e. The van der Waals surface area contributed by atoms with Crippen molar-refractivity contribution in [1.29, 1.82) is 0 Å². The Morgan fingerprint density at radius 3 is 2.69 bits per heavy atom. The van der Waals surface area contributed by atoms with Crippen molar-refractivity contribution < 1.29 is 4.42 Å². The van der Waals surface area contributed by atoms with Crippen LogP contribution in [0.5, 0.6) is 0 Å². The molecule has 2 heterocycles. The summed E-state index contributed by atoms with van der Waals surface area (Å²) < 4.78 is 5.46. The van der Waals surface area contributed by atoms with E-state index in [-0.39, 0.29) is 0 Å². The van der Waals surface area contributed by atoms with Crippen molar-refractivity contribution >= 4 is 0 Å². The van der Waals surface area contributed by atoms with Crippen LogP contribution in [0, 0.1) is 0 Å². The lowest BCUT2D eigenvalue weighted by Gasteiger charge is -2.03. The monoisotopic (exact) mass is 219 g/mol. The van der Waals surface area contributed by atoms with Crippen LogP contribution in [-0.4, -0.2) is 26.2 Å². The summed E-state index contributed by atoms with van der Waals surface area (Å²) in [6.45, 7) is 4.68. The highest BCUT2D eigenvalue weighted by molar-refractivity contribution is 5.48. The van der Waals surface area contributed by atoms with Crippen molar-refractivity contribution in [2.24, 2.45) is 0 Å². The van der Waals surface area contributed by atoms with Crippen molar-refractivity contribution in [3.05, 3.63) is 24.6 Å². The van der Waals surface area contributed by atoms with Gasteiger partial charge in [0.15, 0.2) is 0 Å². The van der Waals surface area contributed by atoms with Gasteiger partial charge in [0.1, 0.15) is 6.33 Å². The molecule has 2 aromatic heterocycles. The molecule has 0 spiro atoms. The highest BCUT2D eigenvalue weighted by Crippen LogP contribution is 2.14. The standard InChI is InChI=1S/C10H13N5O/c1-7(2)13-5-9-14-15-10(16-9)8-3-11-6-12-4-8/h3-4,6-7,13H,5H2,1-2H3. The minimum Gasteiger partial charge on any atom is -0.419 e. The fourth-order valence-corrected chi connectivity index (χ4v) is 1.14. The zero-order valence-electron chi connectivity index (χ0n) is 9.21. The average molecular weight is 219 g/mol. The van der Waals surface area contributed by atoms with Crippen molar-refractivity contribution in [2.45, 2.75) is 26.4 Å². The summed E-state index contributed by atoms with van der Waals surface area (Å²) in [5, 5.41) is 11.1. The quantitative estimate of drug-likeness (QED) is 0.827. The third-order valence-electron chi connectivity index (χ3n) is 1.94. The van der Waals surface area contributed by atoms with Crippen LogP contribution >= 0.6 is 0 Å². The molecule has 2 aromatic rings. The lowest BCUT2D eigenvalue weighted by atomic mass is 10.3. The lowest BCUT2D eigenvalue weighted by Crippen LogP contribution is -2.21. The van der Waals surface area contributed by atoms with Gasteiger partial charge in [0.2, 0.25) is 5.89 Å². The molecule has 2 rings (SSSR count). The maximum atomic E-state index is 5.46.